The molecule has 0 bridgehead atoms. The molecule has 0 saturated heterocycles. The van der Waals surface area contributed by atoms with Gasteiger partial charge in [0.2, 0.25) is 5.91 Å². The van der Waals surface area contributed by atoms with Crippen molar-refractivity contribution in [1.29, 1.82) is 0 Å². The summed E-state index contributed by atoms with van der Waals surface area (Å²) < 4.78 is 5.31. The smallest absolute Gasteiger partial charge is 0.221 e. The van der Waals surface area contributed by atoms with Crippen molar-refractivity contribution in [3.05, 3.63) is 29.8 Å². The molecule has 0 spiro atoms. The largest absolute Gasteiger partial charge is 0.496 e. The number of methoxy groups -OCH3 is 1. The van der Waals surface area contributed by atoms with Crippen molar-refractivity contribution in [2.75, 3.05) is 13.7 Å². The molecule has 1 aliphatic rings. The van der Waals surface area contributed by atoms with E-state index < -0.39 is 0 Å². The van der Waals surface area contributed by atoms with E-state index in [0.717, 1.165) is 17.9 Å². The van der Waals surface area contributed by atoms with Gasteiger partial charge in [-0.3, -0.25) is 4.79 Å². The van der Waals surface area contributed by atoms with Gasteiger partial charge in [0, 0.05) is 24.6 Å². The maximum atomic E-state index is 11.8. The monoisotopic (exact) mass is 262 g/mol. The van der Waals surface area contributed by atoms with Crippen molar-refractivity contribution >= 4 is 5.91 Å². The number of para-hydroxylation sites is 1. The molecule has 1 amide bonds. The van der Waals surface area contributed by atoms with Crippen LogP contribution in [-0.2, 0) is 4.79 Å². The first-order chi connectivity index (χ1) is 9.20. The van der Waals surface area contributed by atoms with Crippen LogP contribution in [0.15, 0.2) is 24.3 Å². The predicted molar refractivity (Wildman–Crippen MR) is 75.2 cm³/mol. The standard InChI is InChI=1S/C15H22N2O2/c1-11(13-5-3-4-6-14(13)19-2)17-15(18)9-10-16-12-7-8-12/h3-6,11-12,16H,7-10H2,1-2H3,(H,17,18)/t11-/m1/s1. The molecule has 0 aliphatic heterocycles. The quantitative estimate of drug-likeness (QED) is 0.790. The van der Waals surface area contributed by atoms with Crippen LogP contribution < -0.4 is 15.4 Å². The minimum Gasteiger partial charge on any atom is -0.496 e. The van der Waals surface area contributed by atoms with Gasteiger partial charge in [0.15, 0.2) is 0 Å². The van der Waals surface area contributed by atoms with E-state index in [9.17, 15) is 4.79 Å². The highest BCUT2D eigenvalue weighted by Crippen LogP contribution is 2.24. The lowest BCUT2D eigenvalue weighted by atomic mass is 10.1. The van der Waals surface area contributed by atoms with Gasteiger partial charge < -0.3 is 15.4 Å². The summed E-state index contributed by atoms with van der Waals surface area (Å²) in [7, 11) is 1.65. The molecule has 4 nitrogen and oxygen atoms in total. The fourth-order valence-corrected chi connectivity index (χ4v) is 2.09. The molecule has 104 valence electrons. The van der Waals surface area contributed by atoms with Gasteiger partial charge in [-0.1, -0.05) is 18.2 Å². The molecule has 1 aliphatic carbocycles. The first-order valence-corrected chi connectivity index (χ1v) is 6.86. The third kappa shape index (κ3) is 4.24. The summed E-state index contributed by atoms with van der Waals surface area (Å²) in [6.07, 6.45) is 3.02. The molecule has 1 aromatic carbocycles. The van der Waals surface area contributed by atoms with Crippen molar-refractivity contribution in [3.63, 3.8) is 0 Å². The van der Waals surface area contributed by atoms with E-state index in [1.54, 1.807) is 7.11 Å². The van der Waals surface area contributed by atoms with E-state index in [4.69, 9.17) is 4.74 Å². The number of hydrogen-bond acceptors (Lipinski definition) is 3. The third-order valence-electron chi connectivity index (χ3n) is 3.35. The Balaban J connectivity index is 1.81. The average Bonchev–Trinajstić information content (AvgIpc) is 3.22. The predicted octanol–water partition coefficient (Wildman–Crippen LogP) is 2.01. The molecule has 1 fully saturated rings. The Morgan fingerprint density at radius 3 is 2.84 bits per heavy atom. The van der Waals surface area contributed by atoms with E-state index in [2.05, 4.69) is 10.6 Å². The van der Waals surface area contributed by atoms with Crippen LogP contribution in [0.25, 0.3) is 0 Å². The van der Waals surface area contributed by atoms with Crippen LogP contribution in [0.5, 0.6) is 5.75 Å². The highest BCUT2D eigenvalue weighted by atomic mass is 16.5. The normalized spacial score (nSPS) is 15.9. The zero-order chi connectivity index (χ0) is 13.7. The van der Waals surface area contributed by atoms with E-state index in [1.807, 2.05) is 31.2 Å². The average molecular weight is 262 g/mol. The number of rotatable bonds is 7. The van der Waals surface area contributed by atoms with E-state index in [1.165, 1.54) is 12.8 Å². The SMILES string of the molecule is COc1ccccc1[C@@H](C)NC(=O)CCNC1CC1. The molecular formula is C15H22N2O2. The lowest BCUT2D eigenvalue weighted by Crippen LogP contribution is -2.30. The second-order valence-electron chi connectivity index (χ2n) is 5.01. The van der Waals surface area contributed by atoms with Crippen LogP contribution in [0.3, 0.4) is 0 Å². The van der Waals surface area contributed by atoms with Crippen molar-refractivity contribution in [1.82, 2.24) is 10.6 Å². The second-order valence-corrected chi connectivity index (χ2v) is 5.01. The Bertz CT molecular complexity index is 430. The summed E-state index contributed by atoms with van der Waals surface area (Å²) in [6.45, 7) is 2.74. The van der Waals surface area contributed by atoms with Gasteiger partial charge in [0.1, 0.15) is 5.75 Å². The van der Waals surface area contributed by atoms with E-state index >= 15 is 0 Å². The van der Waals surface area contributed by atoms with E-state index in [0.29, 0.717) is 12.5 Å². The number of benzene rings is 1. The molecular weight excluding hydrogens is 240 g/mol. The fourth-order valence-electron chi connectivity index (χ4n) is 2.09. The van der Waals surface area contributed by atoms with Gasteiger partial charge in [0.05, 0.1) is 13.2 Å². The molecule has 2 rings (SSSR count). The molecule has 1 saturated carbocycles. The Labute approximate surface area is 114 Å². The zero-order valence-corrected chi connectivity index (χ0v) is 11.6. The van der Waals surface area contributed by atoms with Crippen LogP contribution in [0.4, 0.5) is 0 Å². The van der Waals surface area contributed by atoms with Gasteiger partial charge in [-0.2, -0.15) is 0 Å². The molecule has 19 heavy (non-hydrogen) atoms. The first-order valence-electron chi connectivity index (χ1n) is 6.86. The summed E-state index contributed by atoms with van der Waals surface area (Å²) >= 11 is 0. The summed E-state index contributed by atoms with van der Waals surface area (Å²) in [5, 5.41) is 6.34. The molecule has 1 atom stereocenters. The number of amides is 1. The lowest BCUT2D eigenvalue weighted by Gasteiger charge is -2.17. The maximum absolute atomic E-state index is 11.8. The van der Waals surface area contributed by atoms with Crippen LogP contribution >= 0.6 is 0 Å². The van der Waals surface area contributed by atoms with Gasteiger partial charge in [-0.25, -0.2) is 0 Å². The van der Waals surface area contributed by atoms with Crippen LogP contribution in [0.2, 0.25) is 0 Å². The van der Waals surface area contributed by atoms with Gasteiger partial charge in [0.25, 0.3) is 0 Å². The highest BCUT2D eigenvalue weighted by molar-refractivity contribution is 5.76. The van der Waals surface area contributed by atoms with Crippen LogP contribution in [-0.4, -0.2) is 25.6 Å². The van der Waals surface area contributed by atoms with Crippen molar-refractivity contribution in [2.24, 2.45) is 0 Å². The minimum atomic E-state index is -0.0374. The number of carbonyl (C=O) groups excluding carboxylic acids is 1. The third-order valence-corrected chi connectivity index (χ3v) is 3.35. The summed E-state index contributed by atoms with van der Waals surface area (Å²) in [5.74, 6) is 0.887. The summed E-state index contributed by atoms with van der Waals surface area (Å²) in [6, 6.07) is 8.38. The molecule has 4 heteroatoms. The highest BCUT2D eigenvalue weighted by Gasteiger charge is 2.20. The van der Waals surface area contributed by atoms with Crippen molar-refractivity contribution in [2.45, 2.75) is 38.3 Å². The maximum Gasteiger partial charge on any atom is 0.221 e. The lowest BCUT2D eigenvalue weighted by molar-refractivity contribution is -0.121. The molecule has 0 radical (unpaired) electrons. The zero-order valence-electron chi connectivity index (χ0n) is 11.6. The van der Waals surface area contributed by atoms with Crippen LogP contribution in [0.1, 0.15) is 37.8 Å². The summed E-state index contributed by atoms with van der Waals surface area (Å²) in [4.78, 5) is 11.8. The first kappa shape index (κ1) is 13.9. The molecule has 2 N–H and O–H groups in total. The fraction of sp³-hybridized carbons (Fsp3) is 0.533. The van der Waals surface area contributed by atoms with Gasteiger partial charge in [-0.05, 0) is 25.8 Å². The van der Waals surface area contributed by atoms with Crippen molar-refractivity contribution < 1.29 is 9.53 Å². The number of nitrogens with one attached hydrogen (secondary N) is 2. The molecule has 1 aromatic rings. The topological polar surface area (TPSA) is 50.4 Å². The Morgan fingerprint density at radius 2 is 2.16 bits per heavy atom. The molecule has 0 aromatic heterocycles. The minimum absolute atomic E-state index is 0.0374. The Kier molecular flexibility index (Phi) is 4.80. The number of carbonyl (C=O) groups is 1. The van der Waals surface area contributed by atoms with E-state index in [-0.39, 0.29) is 11.9 Å². The number of hydrogen-bond donors (Lipinski definition) is 2. The molecule has 0 unspecified atom stereocenters. The molecule has 0 heterocycles. The number of ether oxygens (including phenoxy) is 1. The van der Waals surface area contributed by atoms with Gasteiger partial charge in [-0.15, -0.1) is 0 Å². The van der Waals surface area contributed by atoms with Crippen molar-refractivity contribution in [3.8, 4) is 5.75 Å². The van der Waals surface area contributed by atoms with Gasteiger partial charge >= 0.3 is 0 Å². The van der Waals surface area contributed by atoms with Crippen LogP contribution in [0, 0.1) is 0 Å². The summed E-state index contributed by atoms with van der Waals surface area (Å²) in [5.41, 5.74) is 1.01. The Hall–Kier alpha value is -1.55. The Morgan fingerprint density at radius 1 is 1.42 bits per heavy atom. The second kappa shape index (κ2) is 6.57.